The van der Waals surface area contributed by atoms with Crippen LogP contribution >= 0.6 is 0 Å². The molecule has 0 atom stereocenters. The number of nitrogens with zero attached hydrogens (tertiary/aromatic N) is 1. The average Bonchev–Trinajstić information content (AvgIpc) is 2.32. The lowest BCUT2D eigenvalue weighted by molar-refractivity contribution is -0.139. The molecule has 4 nitrogen and oxygen atoms in total. The summed E-state index contributed by atoms with van der Waals surface area (Å²) in [5.41, 5.74) is -1.17. The highest BCUT2D eigenvalue weighted by Gasteiger charge is 2.34. The third-order valence-electron chi connectivity index (χ3n) is 2.33. The van der Waals surface area contributed by atoms with Gasteiger partial charge in [0.25, 0.3) is 0 Å². The number of hydrogen-bond donors (Lipinski definition) is 0. The van der Waals surface area contributed by atoms with Gasteiger partial charge in [0.15, 0.2) is 0 Å². The summed E-state index contributed by atoms with van der Waals surface area (Å²) >= 11 is 0. The molecule has 110 valence electrons. The number of sulfone groups is 1. The van der Waals surface area contributed by atoms with Gasteiger partial charge in [0, 0.05) is 6.26 Å². The summed E-state index contributed by atoms with van der Waals surface area (Å²) in [4.78, 5) is 0. The molecule has 1 aromatic rings. The molecule has 0 aliphatic heterocycles. The molecule has 0 aromatic heterocycles. The summed E-state index contributed by atoms with van der Waals surface area (Å²) in [5.74, 6) is -0.574. The smallest absolute Gasteiger partial charge is 0.420 e. The minimum absolute atomic E-state index is 0.0934. The third-order valence-corrected chi connectivity index (χ3v) is 3.36. The number of hydrogen-bond acceptors (Lipinski definition) is 4. The fraction of sp³-hybridized carbons (Fsp3) is 0.417. The maximum atomic E-state index is 12.8. The minimum atomic E-state index is -4.64. The Labute approximate surface area is 114 Å². The average molecular weight is 307 g/mol. The summed E-state index contributed by atoms with van der Waals surface area (Å²) in [6, 6.07) is 4.59. The maximum Gasteiger partial charge on any atom is 0.420 e. The van der Waals surface area contributed by atoms with E-state index in [0.29, 0.717) is 6.07 Å². The van der Waals surface area contributed by atoms with Crippen LogP contribution in [0.1, 0.15) is 17.5 Å². The molecule has 0 spiro atoms. The molecule has 0 fully saturated rings. The molecule has 0 saturated carbocycles. The van der Waals surface area contributed by atoms with Gasteiger partial charge in [-0.2, -0.15) is 18.4 Å². The molecule has 0 N–H and O–H groups in total. The lowest BCUT2D eigenvalue weighted by Gasteiger charge is -2.14. The van der Waals surface area contributed by atoms with Crippen LogP contribution in [0, 0.1) is 11.3 Å². The van der Waals surface area contributed by atoms with Crippen molar-refractivity contribution in [2.45, 2.75) is 12.6 Å². The van der Waals surface area contributed by atoms with Gasteiger partial charge in [0.2, 0.25) is 0 Å². The van der Waals surface area contributed by atoms with Crippen LogP contribution in [-0.2, 0) is 16.0 Å². The van der Waals surface area contributed by atoms with Crippen LogP contribution in [-0.4, -0.2) is 27.0 Å². The number of alkyl halides is 3. The highest BCUT2D eigenvalue weighted by Crippen LogP contribution is 2.36. The second kappa shape index (κ2) is 6.13. The Kier molecular flexibility index (Phi) is 5.00. The lowest BCUT2D eigenvalue weighted by Crippen LogP contribution is -2.12. The van der Waals surface area contributed by atoms with Crippen LogP contribution in [0.15, 0.2) is 18.2 Å². The topological polar surface area (TPSA) is 67.2 Å². The van der Waals surface area contributed by atoms with Crippen molar-refractivity contribution in [3.63, 3.8) is 0 Å². The first-order chi connectivity index (χ1) is 9.13. The molecular weight excluding hydrogens is 295 g/mol. The van der Waals surface area contributed by atoms with E-state index in [1.807, 2.05) is 0 Å². The van der Waals surface area contributed by atoms with Crippen LogP contribution < -0.4 is 4.74 Å². The molecule has 0 aliphatic carbocycles. The fourth-order valence-electron chi connectivity index (χ4n) is 1.45. The molecule has 1 rings (SSSR count). The van der Waals surface area contributed by atoms with Crippen LogP contribution in [0.4, 0.5) is 13.2 Å². The summed E-state index contributed by atoms with van der Waals surface area (Å²) in [6.07, 6.45) is -3.51. The highest BCUT2D eigenvalue weighted by atomic mass is 32.2. The van der Waals surface area contributed by atoms with Gasteiger partial charge < -0.3 is 4.74 Å². The monoisotopic (exact) mass is 307 g/mol. The first-order valence-corrected chi connectivity index (χ1v) is 7.61. The molecule has 0 aliphatic rings. The first kappa shape index (κ1) is 16.3. The van der Waals surface area contributed by atoms with Crippen LogP contribution in [0.5, 0.6) is 5.75 Å². The van der Waals surface area contributed by atoms with E-state index in [2.05, 4.69) is 0 Å². The van der Waals surface area contributed by atoms with Crippen LogP contribution in [0.2, 0.25) is 0 Å². The van der Waals surface area contributed by atoms with Crippen molar-refractivity contribution in [1.29, 1.82) is 5.26 Å². The Balaban J connectivity index is 2.82. The summed E-state index contributed by atoms with van der Waals surface area (Å²) < 4.78 is 65.1. The Hall–Kier alpha value is -1.75. The second-order valence-electron chi connectivity index (χ2n) is 4.15. The van der Waals surface area contributed by atoms with Gasteiger partial charge in [-0.05, 0) is 24.6 Å². The quantitative estimate of drug-likeness (QED) is 0.783. The van der Waals surface area contributed by atoms with Crippen LogP contribution in [0.25, 0.3) is 0 Å². The number of rotatable bonds is 5. The molecular formula is C12H12F3NO3S. The van der Waals surface area contributed by atoms with Gasteiger partial charge in [-0.1, -0.05) is 0 Å². The zero-order chi connectivity index (χ0) is 15.4. The molecule has 0 radical (unpaired) electrons. The Morgan fingerprint density at radius 3 is 2.50 bits per heavy atom. The van der Waals surface area contributed by atoms with E-state index in [9.17, 15) is 21.6 Å². The first-order valence-electron chi connectivity index (χ1n) is 5.55. The predicted molar refractivity (Wildman–Crippen MR) is 66.0 cm³/mol. The molecule has 0 amide bonds. The van der Waals surface area contributed by atoms with E-state index in [0.717, 1.165) is 12.3 Å². The zero-order valence-corrected chi connectivity index (χ0v) is 11.4. The van der Waals surface area contributed by atoms with E-state index in [-0.39, 0.29) is 24.3 Å². The van der Waals surface area contributed by atoms with Gasteiger partial charge in [-0.3, -0.25) is 0 Å². The predicted octanol–water partition coefficient (Wildman–Crippen LogP) is 2.39. The van der Waals surface area contributed by atoms with Crippen molar-refractivity contribution < 1.29 is 26.3 Å². The lowest BCUT2D eigenvalue weighted by atomic mass is 10.1. The normalized spacial score (nSPS) is 11.9. The van der Waals surface area contributed by atoms with E-state index < -0.39 is 27.3 Å². The summed E-state index contributed by atoms with van der Waals surface area (Å²) in [6.45, 7) is -0.151. The van der Waals surface area contributed by atoms with Crippen molar-refractivity contribution in [3.05, 3.63) is 29.3 Å². The van der Waals surface area contributed by atoms with E-state index in [4.69, 9.17) is 10.00 Å². The van der Waals surface area contributed by atoms with E-state index >= 15 is 0 Å². The number of halogens is 3. The molecule has 0 unspecified atom stereocenters. The molecule has 0 heterocycles. The Morgan fingerprint density at radius 2 is 2.00 bits per heavy atom. The molecule has 0 saturated heterocycles. The largest absolute Gasteiger partial charge is 0.493 e. The third kappa shape index (κ3) is 5.09. The molecule has 20 heavy (non-hydrogen) atoms. The summed E-state index contributed by atoms with van der Waals surface area (Å²) in [5, 5.41) is 8.60. The Morgan fingerprint density at radius 1 is 1.35 bits per heavy atom. The SMILES string of the molecule is CS(=O)(=O)CCCOc1ccc(C#N)cc1C(F)(F)F. The molecule has 8 heteroatoms. The standard InChI is InChI=1S/C12H12F3NO3S/c1-20(17,18)6-2-5-19-11-4-3-9(8-16)7-10(11)12(13,14)15/h3-4,7H,2,5-6H2,1H3. The van der Waals surface area contributed by atoms with Crippen molar-refractivity contribution in [3.8, 4) is 11.8 Å². The molecule has 0 bridgehead atoms. The zero-order valence-electron chi connectivity index (χ0n) is 10.6. The fourth-order valence-corrected chi connectivity index (χ4v) is 2.09. The van der Waals surface area contributed by atoms with Crippen molar-refractivity contribution >= 4 is 9.84 Å². The summed E-state index contributed by atoms with van der Waals surface area (Å²) in [7, 11) is -3.17. The van der Waals surface area contributed by atoms with Crippen molar-refractivity contribution in [2.75, 3.05) is 18.6 Å². The molecule has 1 aromatic carbocycles. The number of benzene rings is 1. The maximum absolute atomic E-state index is 12.8. The number of nitriles is 1. The van der Waals surface area contributed by atoms with Gasteiger partial charge in [0.1, 0.15) is 15.6 Å². The Bertz CT molecular complexity index is 618. The van der Waals surface area contributed by atoms with Gasteiger partial charge in [-0.25, -0.2) is 8.42 Å². The van der Waals surface area contributed by atoms with Gasteiger partial charge in [0.05, 0.1) is 29.6 Å². The number of ether oxygens (including phenoxy) is 1. The van der Waals surface area contributed by atoms with Gasteiger partial charge in [-0.15, -0.1) is 0 Å². The van der Waals surface area contributed by atoms with Gasteiger partial charge >= 0.3 is 6.18 Å². The van der Waals surface area contributed by atoms with E-state index in [1.165, 1.54) is 6.07 Å². The second-order valence-corrected chi connectivity index (χ2v) is 6.41. The highest BCUT2D eigenvalue weighted by molar-refractivity contribution is 7.90. The van der Waals surface area contributed by atoms with E-state index in [1.54, 1.807) is 6.07 Å². The minimum Gasteiger partial charge on any atom is -0.493 e. The van der Waals surface area contributed by atoms with Crippen molar-refractivity contribution in [1.82, 2.24) is 0 Å². The van der Waals surface area contributed by atoms with Crippen molar-refractivity contribution in [2.24, 2.45) is 0 Å². The van der Waals surface area contributed by atoms with Crippen LogP contribution in [0.3, 0.4) is 0 Å².